The van der Waals surface area contributed by atoms with E-state index in [1.807, 2.05) is 0 Å². The summed E-state index contributed by atoms with van der Waals surface area (Å²) in [4.78, 5) is 9.55. The molecule has 0 saturated carbocycles. The van der Waals surface area contributed by atoms with Crippen molar-refractivity contribution < 1.29 is 39.9 Å². The van der Waals surface area contributed by atoms with Gasteiger partial charge in [-0.2, -0.15) is 4.31 Å². The summed E-state index contributed by atoms with van der Waals surface area (Å²) in [5.74, 6) is -12.5. The van der Waals surface area contributed by atoms with Crippen LogP contribution in [0.2, 0.25) is 0 Å². The number of ether oxygens (including phenoxy) is 1. The highest BCUT2D eigenvalue weighted by Gasteiger charge is 2.40. The van der Waals surface area contributed by atoms with Gasteiger partial charge in [-0.05, 0) is 17.2 Å². The first-order valence-corrected chi connectivity index (χ1v) is 9.62. The Kier molecular flexibility index (Phi) is 7.33. The number of nitrogens with zero attached hydrogens (tertiary/aromatic N) is 1. The molecule has 0 heterocycles. The highest BCUT2D eigenvalue weighted by atomic mass is 35.5. The maximum absolute atomic E-state index is 13.9. The Morgan fingerprint density at radius 1 is 1.00 bits per heavy atom. The van der Waals surface area contributed by atoms with Crippen LogP contribution >= 0.6 is 11.6 Å². The maximum Gasteiger partial charge on any atom is 0.249 e. The third-order valence-corrected chi connectivity index (χ3v) is 6.03. The number of hydrogen-bond acceptors (Lipinski definition) is 4. The second kappa shape index (κ2) is 9.16. The summed E-state index contributed by atoms with van der Waals surface area (Å²) in [6.07, 6.45) is 0. The molecule has 0 aliphatic rings. The fourth-order valence-corrected chi connectivity index (χ4v) is 3.98. The van der Waals surface area contributed by atoms with E-state index in [2.05, 4.69) is 0 Å². The zero-order valence-corrected chi connectivity index (χ0v) is 16.2. The van der Waals surface area contributed by atoms with Crippen LogP contribution in [0.25, 0.3) is 0 Å². The number of rotatable bonds is 8. The molecule has 0 amide bonds. The fraction of sp³-hybridized carbons (Fsp3) is 0.235. The first-order chi connectivity index (χ1) is 13.5. The standard InChI is InChI=1S/C17H13ClF5NO4S/c1-24(10(17(18)25)8-28-7-9-5-3-2-4-6-9)29(26,27)16-14(22)12(20)11(19)13(21)15(16)23/h2-6,10H,7-8H2,1H3/t10-/m0/s1. The molecule has 2 aromatic carbocycles. The van der Waals surface area contributed by atoms with E-state index >= 15 is 0 Å². The summed E-state index contributed by atoms with van der Waals surface area (Å²) in [7, 11) is -4.65. The SMILES string of the molecule is CN([C@@H](COCc1ccccc1)C(=O)Cl)S(=O)(=O)c1c(F)c(F)c(F)c(F)c1F. The van der Waals surface area contributed by atoms with Gasteiger partial charge in [-0.1, -0.05) is 30.3 Å². The van der Waals surface area contributed by atoms with Gasteiger partial charge in [0.15, 0.2) is 28.2 Å². The number of likely N-dealkylation sites (N-methyl/N-ethyl adjacent to an activating group) is 1. The average molecular weight is 458 g/mol. The van der Waals surface area contributed by atoms with Crippen LogP contribution in [0.4, 0.5) is 22.0 Å². The van der Waals surface area contributed by atoms with Crippen LogP contribution in [0, 0.1) is 29.1 Å². The Morgan fingerprint density at radius 2 is 1.48 bits per heavy atom. The number of carbonyl (C=O) groups excluding carboxylic acids is 1. The highest BCUT2D eigenvalue weighted by molar-refractivity contribution is 7.89. The molecule has 2 rings (SSSR count). The molecular weight excluding hydrogens is 445 g/mol. The summed E-state index contributed by atoms with van der Waals surface area (Å²) in [6, 6.07) is 6.68. The van der Waals surface area contributed by atoms with Crippen LogP contribution in [-0.2, 0) is 26.2 Å². The predicted molar refractivity (Wildman–Crippen MR) is 91.9 cm³/mol. The van der Waals surface area contributed by atoms with Crippen LogP contribution in [0.5, 0.6) is 0 Å². The van der Waals surface area contributed by atoms with Gasteiger partial charge in [0.05, 0.1) is 13.2 Å². The van der Waals surface area contributed by atoms with Crippen molar-refractivity contribution in [3.05, 3.63) is 65.0 Å². The molecular formula is C17H13ClF5NO4S. The minimum Gasteiger partial charge on any atom is -0.375 e. The van der Waals surface area contributed by atoms with Crippen LogP contribution in [-0.4, -0.2) is 37.7 Å². The van der Waals surface area contributed by atoms with E-state index in [9.17, 15) is 35.2 Å². The number of halogens is 6. The Labute approximate surface area is 167 Å². The topological polar surface area (TPSA) is 63.7 Å². The van der Waals surface area contributed by atoms with E-state index in [4.69, 9.17) is 16.3 Å². The molecule has 0 aromatic heterocycles. The van der Waals surface area contributed by atoms with Gasteiger partial charge in [0.1, 0.15) is 6.04 Å². The minimum absolute atomic E-state index is 0.0576. The van der Waals surface area contributed by atoms with Gasteiger partial charge < -0.3 is 4.74 Å². The molecule has 0 radical (unpaired) electrons. The second-order valence-corrected chi connectivity index (χ2v) is 8.05. The molecule has 0 saturated heterocycles. The molecule has 5 nitrogen and oxygen atoms in total. The van der Waals surface area contributed by atoms with Gasteiger partial charge in [0, 0.05) is 7.05 Å². The number of hydrogen-bond donors (Lipinski definition) is 0. The summed E-state index contributed by atoms with van der Waals surface area (Å²) < 4.78 is 98.1. The van der Waals surface area contributed by atoms with Crippen molar-refractivity contribution in [3.8, 4) is 0 Å². The van der Waals surface area contributed by atoms with E-state index in [0.717, 1.165) is 0 Å². The molecule has 0 aliphatic heterocycles. The quantitative estimate of drug-likeness (QED) is 0.264. The molecule has 0 fully saturated rings. The van der Waals surface area contributed by atoms with Crippen LogP contribution in [0.15, 0.2) is 35.2 Å². The van der Waals surface area contributed by atoms with E-state index in [1.165, 1.54) is 0 Å². The monoisotopic (exact) mass is 457 g/mol. The summed E-state index contributed by atoms with van der Waals surface area (Å²) in [6.45, 7) is -0.694. The third-order valence-electron chi connectivity index (χ3n) is 3.89. The van der Waals surface area contributed by atoms with E-state index < -0.39 is 61.9 Å². The van der Waals surface area contributed by atoms with E-state index in [0.29, 0.717) is 12.6 Å². The van der Waals surface area contributed by atoms with Crippen molar-refractivity contribution in [1.82, 2.24) is 4.31 Å². The Hall–Kier alpha value is -2.08. The molecule has 0 N–H and O–H groups in total. The van der Waals surface area contributed by atoms with Crippen molar-refractivity contribution in [3.63, 3.8) is 0 Å². The molecule has 2 aromatic rings. The molecule has 1 atom stereocenters. The van der Waals surface area contributed by atoms with Gasteiger partial charge in [-0.15, -0.1) is 0 Å². The van der Waals surface area contributed by atoms with Gasteiger partial charge in [0.25, 0.3) is 0 Å². The fourth-order valence-electron chi connectivity index (χ4n) is 2.30. The smallest absolute Gasteiger partial charge is 0.249 e. The van der Waals surface area contributed by atoms with Crippen molar-refractivity contribution >= 4 is 26.9 Å². The summed E-state index contributed by atoms with van der Waals surface area (Å²) >= 11 is 5.36. The minimum atomic E-state index is -5.35. The second-order valence-electron chi connectivity index (χ2n) is 5.74. The average Bonchev–Trinajstić information content (AvgIpc) is 2.68. The first kappa shape index (κ1) is 23.2. The van der Waals surface area contributed by atoms with Gasteiger partial charge in [0.2, 0.25) is 21.1 Å². The molecule has 29 heavy (non-hydrogen) atoms. The highest BCUT2D eigenvalue weighted by Crippen LogP contribution is 2.29. The predicted octanol–water partition coefficient (Wildman–Crippen LogP) is 3.35. The van der Waals surface area contributed by atoms with Crippen LogP contribution in [0.3, 0.4) is 0 Å². The van der Waals surface area contributed by atoms with Crippen molar-refractivity contribution in [2.24, 2.45) is 0 Å². The largest absolute Gasteiger partial charge is 0.375 e. The Bertz CT molecular complexity index is 991. The van der Waals surface area contributed by atoms with Gasteiger partial charge in [-0.25, -0.2) is 30.4 Å². The molecule has 158 valence electrons. The summed E-state index contributed by atoms with van der Waals surface area (Å²) in [5, 5.41) is -1.28. The lowest BCUT2D eigenvalue weighted by molar-refractivity contribution is -0.116. The number of benzene rings is 2. The lowest BCUT2D eigenvalue weighted by Crippen LogP contribution is -2.44. The number of carbonyl (C=O) groups is 1. The molecule has 12 heteroatoms. The van der Waals surface area contributed by atoms with Crippen molar-refractivity contribution in [2.45, 2.75) is 17.5 Å². The molecule has 0 bridgehead atoms. The lowest BCUT2D eigenvalue weighted by atomic mass is 10.2. The maximum atomic E-state index is 13.9. The first-order valence-electron chi connectivity index (χ1n) is 7.80. The normalized spacial score (nSPS) is 13.0. The zero-order chi connectivity index (χ0) is 21.9. The Balaban J connectivity index is 2.34. The van der Waals surface area contributed by atoms with Gasteiger partial charge in [-0.3, -0.25) is 4.79 Å². The van der Waals surface area contributed by atoms with Crippen LogP contribution in [0.1, 0.15) is 5.56 Å². The van der Waals surface area contributed by atoms with E-state index in [1.54, 1.807) is 30.3 Å². The third kappa shape index (κ3) is 4.74. The van der Waals surface area contributed by atoms with Crippen molar-refractivity contribution in [1.29, 1.82) is 0 Å². The van der Waals surface area contributed by atoms with Gasteiger partial charge >= 0.3 is 0 Å². The molecule has 0 unspecified atom stereocenters. The Morgan fingerprint density at radius 3 is 1.97 bits per heavy atom. The lowest BCUT2D eigenvalue weighted by Gasteiger charge is -2.25. The number of sulfonamides is 1. The van der Waals surface area contributed by atoms with Crippen molar-refractivity contribution in [2.75, 3.05) is 13.7 Å². The molecule has 0 spiro atoms. The summed E-state index contributed by atoms with van der Waals surface area (Å²) in [5.41, 5.74) is 0.665. The van der Waals surface area contributed by atoms with Crippen LogP contribution < -0.4 is 0 Å². The zero-order valence-electron chi connectivity index (χ0n) is 14.6. The van der Waals surface area contributed by atoms with E-state index in [-0.39, 0.29) is 10.9 Å². The molecule has 0 aliphatic carbocycles.